The zero-order chi connectivity index (χ0) is 12.5. The molecule has 0 spiro atoms. The molecule has 0 amide bonds. The third-order valence-electron chi connectivity index (χ3n) is 3.79. The molecule has 0 aliphatic heterocycles. The Balaban J connectivity index is 1.95. The average molecular weight is 238 g/mol. The lowest BCUT2D eigenvalue weighted by molar-refractivity contribution is 0.0453. The van der Waals surface area contributed by atoms with E-state index in [1.54, 1.807) is 0 Å². The lowest BCUT2D eigenvalue weighted by Crippen LogP contribution is -2.39. The van der Waals surface area contributed by atoms with Crippen LogP contribution in [-0.4, -0.2) is 22.4 Å². The van der Waals surface area contributed by atoms with Gasteiger partial charge in [-0.3, -0.25) is 0 Å². The van der Waals surface area contributed by atoms with E-state index < -0.39 is 5.60 Å². The minimum atomic E-state index is -0.507. The van der Waals surface area contributed by atoms with Gasteiger partial charge in [-0.1, -0.05) is 18.0 Å². The van der Waals surface area contributed by atoms with Crippen molar-refractivity contribution in [2.24, 2.45) is 0 Å². The summed E-state index contributed by atoms with van der Waals surface area (Å²) in [5.41, 5.74) is 1.54. The molecule has 0 aromatic carbocycles. The summed E-state index contributed by atoms with van der Waals surface area (Å²) < 4.78 is 5.16. The van der Waals surface area contributed by atoms with Gasteiger partial charge in [0.2, 0.25) is 0 Å². The minimum absolute atomic E-state index is 0.172. The second-order valence-corrected chi connectivity index (χ2v) is 5.27. The van der Waals surface area contributed by atoms with Gasteiger partial charge in [0.05, 0.1) is 11.3 Å². The van der Waals surface area contributed by atoms with Gasteiger partial charge in [0, 0.05) is 18.2 Å². The molecule has 0 bridgehead atoms. The molecule has 2 rings (SSSR count). The van der Waals surface area contributed by atoms with Crippen molar-refractivity contribution in [1.82, 2.24) is 10.5 Å². The fraction of sp³-hybridized carbons (Fsp3) is 0.769. The molecule has 17 heavy (non-hydrogen) atoms. The molecule has 1 aromatic rings. The third kappa shape index (κ3) is 2.69. The lowest BCUT2D eigenvalue weighted by atomic mass is 10.0. The number of rotatable bonds is 4. The molecular weight excluding hydrogens is 216 g/mol. The topological polar surface area (TPSA) is 58.3 Å². The smallest absolute Gasteiger partial charge is 0.138 e. The third-order valence-corrected chi connectivity index (χ3v) is 3.79. The SMILES string of the molecule is Cc1noc(C)c1C(C)NCC1(O)CCCC1. The summed E-state index contributed by atoms with van der Waals surface area (Å²) in [6.45, 7) is 6.62. The van der Waals surface area contributed by atoms with Crippen LogP contribution in [0.1, 0.15) is 55.7 Å². The van der Waals surface area contributed by atoms with Crippen LogP contribution in [0.2, 0.25) is 0 Å². The van der Waals surface area contributed by atoms with E-state index in [1.807, 2.05) is 13.8 Å². The molecule has 0 radical (unpaired) electrons. The molecule has 1 saturated carbocycles. The Morgan fingerprint density at radius 2 is 2.06 bits per heavy atom. The highest BCUT2D eigenvalue weighted by molar-refractivity contribution is 5.24. The normalized spacial score (nSPS) is 20.7. The number of hydrogen-bond acceptors (Lipinski definition) is 4. The zero-order valence-corrected chi connectivity index (χ0v) is 10.9. The fourth-order valence-electron chi connectivity index (χ4n) is 2.76. The van der Waals surface area contributed by atoms with Crippen LogP contribution in [0, 0.1) is 13.8 Å². The molecule has 0 saturated heterocycles. The largest absolute Gasteiger partial charge is 0.389 e. The van der Waals surface area contributed by atoms with Crippen molar-refractivity contribution in [2.45, 2.75) is 58.1 Å². The van der Waals surface area contributed by atoms with Gasteiger partial charge >= 0.3 is 0 Å². The van der Waals surface area contributed by atoms with Gasteiger partial charge in [-0.05, 0) is 33.6 Å². The second-order valence-electron chi connectivity index (χ2n) is 5.27. The van der Waals surface area contributed by atoms with Crippen LogP contribution in [0.3, 0.4) is 0 Å². The Hall–Kier alpha value is -0.870. The highest BCUT2D eigenvalue weighted by Crippen LogP contribution is 2.29. The van der Waals surface area contributed by atoms with Gasteiger partial charge in [-0.2, -0.15) is 0 Å². The number of nitrogens with one attached hydrogen (secondary N) is 1. The van der Waals surface area contributed by atoms with Crippen molar-refractivity contribution in [3.05, 3.63) is 17.0 Å². The van der Waals surface area contributed by atoms with E-state index in [0.717, 1.165) is 42.7 Å². The van der Waals surface area contributed by atoms with E-state index in [4.69, 9.17) is 4.52 Å². The van der Waals surface area contributed by atoms with E-state index >= 15 is 0 Å². The van der Waals surface area contributed by atoms with Crippen LogP contribution in [0.15, 0.2) is 4.52 Å². The van der Waals surface area contributed by atoms with Crippen LogP contribution in [-0.2, 0) is 0 Å². The quantitative estimate of drug-likeness (QED) is 0.844. The summed E-state index contributed by atoms with van der Waals surface area (Å²) in [5, 5.41) is 17.6. The Morgan fingerprint density at radius 3 is 2.59 bits per heavy atom. The van der Waals surface area contributed by atoms with Crippen LogP contribution >= 0.6 is 0 Å². The van der Waals surface area contributed by atoms with Crippen molar-refractivity contribution >= 4 is 0 Å². The first kappa shape index (κ1) is 12.6. The van der Waals surface area contributed by atoms with Crippen molar-refractivity contribution in [1.29, 1.82) is 0 Å². The van der Waals surface area contributed by atoms with Gasteiger partial charge in [0.25, 0.3) is 0 Å². The van der Waals surface area contributed by atoms with E-state index in [-0.39, 0.29) is 6.04 Å². The van der Waals surface area contributed by atoms with E-state index in [2.05, 4.69) is 17.4 Å². The number of aliphatic hydroxyl groups is 1. The van der Waals surface area contributed by atoms with E-state index in [1.165, 1.54) is 0 Å². The molecule has 1 heterocycles. The van der Waals surface area contributed by atoms with Crippen molar-refractivity contribution in [2.75, 3.05) is 6.54 Å². The molecule has 1 unspecified atom stereocenters. The predicted octanol–water partition coefficient (Wildman–Crippen LogP) is 2.25. The Bertz CT molecular complexity index is 361. The monoisotopic (exact) mass is 238 g/mol. The van der Waals surface area contributed by atoms with Gasteiger partial charge in [-0.15, -0.1) is 0 Å². The maximum Gasteiger partial charge on any atom is 0.138 e. The summed E-state index contributed by atoms with van der Waals surface area (Å²) in [7, 11) is 0. The Kier molecular flexibility index (Phi) is 3.54. The number of aryl methyl sites for hydroxylation is 2. The Morgan fingerprint density at radius 1 is 1.41 bits per heavy atom. The van der Waals surface area contributed by atoms with Crippen molar-refractivity contribution in [3.63, 3.8) is 0 Å². The number of nitrogens with zero attached hydrogens (tertiary/aromatic N) is 1. The summed E-state index contributed by atoms with van der Waals surface area (Å²) in [6.07, 6.45) is 4.10. The first-order valence-corrected chi connectivity index (χ1v) is 6.40. The van der Waals surface area contributed by atoms with Crippen LogP contribution in [0.25, 0.3) is 0 Å². The summed E-state index contributed by atoms with van der Waals surface area (Å²) >= 11 is 0. The molecule has 1 aliphatic carbocycles. The molecule has 96 valence electrons. The molecule has 1 aromatic heterocycles. The van der Waals surface area contributed by atoms with Crippen LogP contribution in [0.5, 0.6) is 0 Å². The second kappa shape index (κ2) is 4.78. The van der Waals surface area contributed by atoms with Gasteiger partial charge < -0.3 is 14.9 Å². The zero-order valence-electron chi connectivity index (χ0n) is 10.9. The average Bonchev–Trinajstić information content (AvgIpc) is 2.84. The first-order chi connectivity index (χ1) is 8.02. The molecule has 4 nitrogen and oxygen atoms in total. The first-order valence-electron chi connectivity index (χ1n) is 6.40. The summed E-state index contributed by atoms with van der Waals surface area (Å²) in [4.78, 5) is 0. The molecule has 1 atom stereocenters. The van der Waals surface area contributed by atoms with Gasteiger partial charge in [0.1, 0.15) is 5.76 Å². The molecule has 2 N–H and O–H groups in total. The molecule has 1 fully saturated rings. The molecule has 4 heteroatoms. The van der Waals surface area contributed by atoms with Crippen molar-refractivity contribution in [3.8, 4) is 0 Å². The predicted molar refractivity (Wildman–Crippen MR) is 65.8 cm³/mol. The van der Waals surface area contributed by atoms with Crippen molar-refractivity contribution < 1.29 is 9.63 Å². The highest BCUT2D eigenvalue weighted by atomic mass is 16.5. The van der Waals surface area contributed by atoms with Gasteiger partial charge in [-0.25, -0.2) is 0 Å². The number of aromatic nitrogens is 1. The Labute approximate surface area is 102 Å². The minimum Gasteiger partial charge on any atom is -0.389 e. The van der Waals surface area contributed by atoms with E-state index in [9.17, 15) is 5.11 Å². The molecular formula is C13H22N2O2. The summed E-state index contributed by atoms with van der Waals surface area (Å²) in [5.74, 6) is 0.862. The van der Waals surface area contributed by atoms with Crippen LogP contribution < -0.4 is 5.32 Å². The maximum absolute atomic E-state index is 10.3. The van der Waals surface area contributed by atoms with E-state index in [0.29, 0.717) is 6.54 Å². The number of hydrogen-bond donors (Lipinski definition) is 2. The highest BCUT2D eigenvalue weighted by Gasteiger charge is 2.31. The standard InChI is InChI=1S/C13H22N2O2/c1-9(12-10(2)15-17-11(12)3)14-8-13(16)6-4-5-7-13/h9,14,16H,4-8H2,1-3H3. The van der Waals surface area contributed by atoms with Crippen LogP contribution in [0.4, 0.5) is 0 Å². The van der Waals surface area contributed by atoms with Gasteiger partial charge in [0.15, 0.2) is 0 Å². The maximum atomic E-state index is 10.3. The summed E-state index contributed by atoms with van der Waals surface area (Å²) in [6, 6.07) is 0.172. The fourth-order valence-corrected chi connectivity index (χ4v) is 2.76. The lowest BCUT2D eigenvalue weighted by Gasteiger charge is -2.25. The molecule has 1 aliphatic rings.